The van der Waals surface area contributed by atoms with Gasteiger partial charge in [0.2, 0.25) is 0 Å². The van der Waals surface area contributed by atoms with E-state index in [9.17, 15) is 9.90 Å². The smallest absolute Gasteiger partial charge is 0.173 e. The molecule has 1 saturated carbocycles. The number of aliphatic hydroxyl groups is 1. The number of allylic oxidation sites excluding steroid dienone is 1. The first-order valence-corrected chi connectivity index (χ1v) is 10.2. The van der Waals surface area contributed by atoms with Crippen molar-refractivity contribution < 1.29 is 31.9 Å². The summed E-state index contributed by atoms with van der Waals surface area (Å²) >= 11 is 0. The Balaban J connectivity index is 0.00000210. The SMILES string of the molecule is O=C1C(c2ccccc2)=COC2C1CCC(O)C2C[NH+]1CCCCCC1.[Cl-]. The van der Waals surface area contributed by atoms with Crippen LogP contribution in [0.2, 0.25) is 0 Å². The molecule has 0 amide bonds. The van der Waals surface area contributed by atoms with Crippen molar-refractivity contribution in [2.24, 2.45) is 11.8 Å². The molecule has 2 fully saturated rings. The minimum absolute atomic E-state index is 0. The standard InChI is InChI=1S/C22H29NO3.ClH/c24-20-11-10-17-21(25)19(16-8-4-3-5-9-16)15-26-22(17)18(20)14-23-12-6-1-2-7-13-23;/h3-5,8-9,15,17-18,20,22,24H,1-2,6-7,10-14H2;1H. The van der Waals surface area contributed by atoms with Gasteiger partial charge in [0.05, 0.1) is 49.4 Å². The van der Waals surface area contributed by atoms with Gasteiger partial charge < -0.3 is 27.2 Å². The number of nitrogens with one attached hydrogen (secondary N) is 1. The summed E-state index contributed by atoms with van der Waals surface area (Å²) in [4.78, 5) is 14.7. The summed E-state index contributed by atoms with van der Waals surface area (Å²) in [5.41, 5.74) is 1.61. The van der Waals surface area contributed by atoms with Crippen LogP contribution in [0.4, 0.5) is 0 Å². The van der Waals surface area contributed by atoms with Crippen LogP contribution >= 0.6 is 0 Å². The molecule has 27 heavy (non-hydrogen) atoms. The lowest BCUT2D eigenvalue weighted by Crippen LogP contribution is -3.13. The molecule has 4 unspecified atom stereocenters. The van der Waals surface area contributed by atoms with E-state index >= 15 is 0 Å². The number of likely N-dealkylation sites (tertiary alicyclic amines) is 1. The van der Waals surface area contributed by atoms with E-state index in [2.05, 4.69) is 0 Å². The van der Waals surface area contributed by atoms with Crippen molar-refractivity contribution in [2.45, 2.75) is 50.7 Å². The van der Waals surface area contributed by atoms with Gasteiger partial charge in [0.15, 0.2) is 5.78 Å². The number of aliphatic hydroxyl groups excluding tert-OH is 1. The van der Waals surface area contributed by atoms with Crippen LogP contribution in [0.1, 0.15) is 44.1 Å². The van der Waals surface area contributed by atoms with Crippen LogP contribution in [0.25, 0.3) is 5.57 Å². The normalized spacial score (nSPS) is 31.7. The van der Waals surface area contributed by atoms with Crippen molar-refractivity contribution >= 4 is 11.4 Å². The molecule has 5 heteroatoms. The van der Waals surface area contributed by atoms with E-state index in [1.54, 1.807) is 11.2 Å². The van der Waals surface area contributed by atoms with Gasteiger partial charge in [0, 0.05) is 0 Å². The van der Waals surface area contributed by atoms with E-state index in [1.165, 1.54) is 38.8 Å². The van der Waals surface area contributed by atoms with Gasteiger partial charge in [-0.3, -0.25) is 4.79 Å². The first-order valence-electron chi connectivity index (χ1n) is 10.2. The second-order valence-corrected chi connectivity index (χ2v) is 8.15. The van der Waals surface area contributed by atoms with Crippen LogP contribution in [0.3, 0.4) is 0 Å². The van der Waals surface area contributed by atoms with Gasteiger partial charge in [-0.2, -0.15) is 0 Å². The Hall–Kier alpha value is -1.36. The minimum Gasteiger partial charge on any atom is -1.00 e. The highest BCUT2D eigenvalue weighted by Gasteiger charge is 2.47. The highest BCUT2D eigenvalue weighted by molar-refractivity contribution is 6.22. The largest absolute Gasteiger partial charge is 1.00 e. The number of ether oxygens (including phenoxy) is 1. The van der Waals surface area contributed by atoms with Crippen molar-refractivity contribution in [3.63, 3.8) is 0 Å². The number of ketones is 1. The Morgan fingerprint density at radius 1 is 1.04 bits per heavy atom. The Morgan fingerprint density at radius 3 is 2.44 bits per heavy atom. The molecule has 4 atom stereocenters. The molecular weight excluding hydrogens is 362 g/mol. The maximum atomic E-state index is 13.1. The number of benzene rings is 1. The third-order valence-electron chi connectivity index (χ3n) is 6.45. The van der Waals surface area contributed by atoms with Gasteiger partial charge >= 0.3 is 0 Å². The fourth-order valence-electron chi connectivity index (χ4n) is 4.97. The van der Waals surface area contributed by atoms with Crippen molar-refractivity contribution in [2.75, 3.05) is 19.6 Å². The van der Waals surface area contributed by atoms with Gasteiger partial charge in [-0.25, -0.2) is 0 Å². The summed E-state index contributed by atoms with van der Waals surface area (Å²) in [5.74, 6) is 0.129. The van der Waals surface area contributed by atoms with Crippen molar-refractivity contribution in [1.29, 1.82) is 0 Å². The molecular formula is C22H30ClNO3. The van der Waals surface area contributed by atoms with E-state index in [4.69, 9.17) is 4.74 Å². The van der Waals surface area contributed by atoms with Gasteiger partial charge in [-0.1, -0.05) is 30.3 Å². The Kier molecular flexibility index (Phi) is 6.96. The first kappa shape index (κ1) is 20.4. The maximum Gasteiger partial charge on any atom is 0.173 e. The van der Waals surface area contributed by atoms with Crippen LogP contribution < -0.4 is 17.3 Å². The van der Waals surface area contributed by atoms with Gasteiger partial charge in [-0.05, 0) is 44.1 Å². The number of hydrogen-bond acceptors (Lipinski definition) is 3. The Morgan fingerprint density at radius 2 is 1.74 bits per heavy atom. The number of quaternary nitrogens is 1. The number of hydrogen-bond donors (Lipinski definition) is 2. The molecule has 2 N–H and O–H groups in total. The molecule has 4 rings (SSSR count). The number of Topliss-reactive ketones (excluding diaryl/α,β-unsaturated/α-hetero) is 1. The lowest BCUT2D eigenvalue weighted by Gasteiger charge is -2.42. The zero-order chi connectivity index (χ0) is 17.9. The van der Waals surface area contributed by atoms with E-state index < -0.39 is 0 Å². The number of carbonyl (C=O) groups excluding carboxylic acids is 1. The second kappa shape index (κ2) is 9.22. The molecule has 0 spiro atoms. The molecule has 3 aliphatic rings. The summed E-state index contributed by atoms with van der Waals surface area (Å²) in [6, 6.07) is 9.78. The molecule has 1 saturated heterocycles. The van der Waals surface area contributed by atoms with Crippen LogP contribution in [-0.2, 0) is 9.53 Å². The number of fused-ring (bicyclic) bond motifs is 1. The predicted molar refractivity (Wildman–Crippen MR) is 101 cm³/mol. The summed E-state index contributed by atoms with van der Waals surface area (Å²) in [5, 5.41) is 10.7. The van der Waals surface area contributed by atoms with Crippen LogP contribution in [-0.4, -0.2) is 42.7 Å². The minimum atomic E-state index is -0.355. The number of rotatable bonds is 3. The van der Waals surface area contributed by atoms with E-state index in [1.807, 2.05) is 30.3 Å². The summed E-state index contributed by atoms with van der Waals surface area (Å²) in [6.07, 6.45) is 7.73. The topological polar surface area (TPSA) is 51.0 Å². The third-order valence-corrected chi connectivity index (χ3v) is 6.45. The number of carbonyl (C=O) groups is 1. The molecule has 1 aromatic rings. The molecule has 0 radical (unpaired) electrons. The monoisotopic (exact) mass is 391 g/mol. The highest BCUT2D eigenvalue weighted by atomic mass is 35.5. The molecule has 0 bridgehead atoms. The zero-order valence-electron chi connectivity index (χ0n) is 15.8. The average Bonchev–Trinajstić information content (AvgIpc) is 2.94. The van der Waals surface area contributed by atoms with Crippen LogP contribution in [0.5, 0.6) is 0 Å². The van der Waals surface area contributed by atoms with Crippen LogP contribution in [0, 0.1) is 11.8 Å². The molecule has 1 aliphatic carbocycles. The quantitative estimate of drug-likeness (QED) is 0.684. The summed E-state index contributed by atoms with van der Waals surface area (Å²) in [6.45, 7) is 3.28. The fourth-order valence-corrected chi connectivity index (χ4v) is 4.97. The second-order valence-electron chi connectivity index (χ2n) is 8.15. The van der Waals surface area contributed by atoms with Crippen LogP contribution in [0.15, 0.2) is 36.6 Å². The Bertz CT molecular complexity index is 655. The molecule has 2 aliphatic heterocycles. The van der Waals surface area contributed by atoms with Crippen molar-refractivity contribution in [3.05, 3.63) is 42.2 Å². The third kappa shape index (κ3) is 4.39. The molecule has 148 valence electrons. The van der Waals surface area contributed by atoms with Gasteiger partial charge in [-0.15, -0.1) is 0 Å². The Labute approximate surface area is 168 Å². The zero-order valence-corrected chi connectivity index (χ0v) is 16.5. The van der Waals surface area contributed by atoms with E-state index in [0.29, 0.717) is 12.0 Å². The molecule has 2 heterocycles. The lowest BCUT2D eigenvalue weighted by atomic mass is 9.72. The van der Waals surface area contributed by atoms with E-state index in [-0.39, 0.29) is 42.2 Å². The number of halogens is 1. The lowest BCUT2D eigenvalue weighted by molar-refractivity contribution is -0.903. The predicted octanol–water partition coefficient (Wildman–Crippen LogP) is -1.15. The van der Waals surface area contributed by atoms with Gasteiger partial charge in [0.1, 0.15) is 6.10 Å². The summed E-state index contributed by atoms with van der Waals surface area (Å²) < 4.78 is 6.12. The molecule has 1 aromatic carbocycles. The first-order chi connectivity index (χ1) is 12.7. The van der Waals surface area contributed by atoms with Crippen molar-refractivity contribution in [1.82, 2.24) is 0 Å². The fraction of sp³-hybridized carbons (Fsp3) is 0.591. The average molecular weight is 392 g/mol. The molecule has 4 nitrogen and oxygen atoms in total. The van der Waals surface area contributed by atoms with E-state index in [0.717, 1.165) is 18.5 Å². The highest BCUT2D eigenvalue weighted by Crippen LogP contribution is 2.38. The van der Waals surface area contributed by atoms with Gasteiger partial charge in [0.25, 0.3) is 0 Å². The summed E-state index contributed by atoms with van der Waals surface area (Å²) in [7, 11) is 0. The van der Waals surface area contributed by atoms with Crippen molar-refractivity contribution in [3.8, 4) is 0 Å². The maximum absolute atomic E-state index is 13.1. The molecule has 0 aromatic heterocycles.